The van der Waals surface area contributed by atoms with Crippen LogP contribution in [0.2, 0.25) is 0 Å². The topological polar surface area (TPSA) is 31.0 Å². The highest BCUT2D eigenvalue weighted by molar-refractivity contribution is 5.64. The normalized spacial score (nSPS) is 15.6. The van der Waals surface area contributed by atoms with Gasteiger partial charge in [0.1, 0.15) is 30.8 Å². The van der Waals surface area contributed by atoms with Gasteiger partial charge in [-0.1, -0.05) is 54.6 Å². The number of hydrogen-bond acceptors (Lipinski definition) is 3. The Morgan fingerprint density at radius 2 is 1.28 bits per heavy atom. The van der Waals surface area contributed by atoms with Gasteiger partial charge in [-0.2, -0.15) is 0 Å². The summed E-state index contributed by atoms with van der Waals surface area (Å²) in [4.78, 5) is 0. The van der Waals surface area contributed by atoms with Gasteiger partial charge in [-0.25, -0.2) is 0 Å². The molecule has 1 aliphatic rings. The average molecular weight is 332 g/mol. The Bertz CT molecular complexity index is 791. The lowest BCUT2D eigenvalue weighted by Gasteiger charge is -2.08. The van der Waals surface area contributed by atoms with Crippen molar-refractivity contribution in [3.8, 4) is 22.6 Å². The van der Waals surface area contributed by atoms with Crippen LogP contribution in [-0.2, 0) is 11.3 Å². The van der Waals surface area contributed by atoms with Gasteiger partial charge in [0.05, 0.1) is 6.61 Å². The Morgan fingerprint density at radius 1 is 0.720 bits per heavy atom. The van der Waals surface area contributed by atoms with Crippen molar-refractivity contribution >= 4 is 0 Å². The van der Waals surface area contributed by atoms with E-state index in [2.05, 4.69) is 36.4 Å². The predicted octanol–water partition coefficient (Wildman–Crippen LogP) is 4.71. The first-order chi connectivity index (χ1) is 12.4. The molecule has 1 atom stereocenters. The van der Waals surface area contributed by atoms with Gasteiger partial charge in [-0.05, 0) is 41.0 Å². The fraction of sp³-hybridized carbons (Fsp3) is 0.182. The highest BCUT2D eigenvalue weighted by Gasteiger charge is 2.22. The van der Waals surface area contributed by atoms with Crippen molar-refractivity contribution < 1.29 is 14.2 Å². The molecule has 0 saturated carbocycles. The second kappa shape index (κ2) is 7.41. The summed E-state index contributed by atoms with van der Waals surface area (Å²) in [7, 11) is 0. The Kier molecular flexibility index (Phi) is 4.66. The summed E-state index contributed by atoms with van der Waals surface area (Å²) in [6.07, 6.45) is 0.281. The zero-order valence-electron chi connectivity index (χ0n) is 13.9. The van der Waals surface area contributed by atoms with Crippen LogP contribution >= 0.6 is 0 Å². The van der Waals surface area contributed by atoms with Crippen LogP contribution in [0.5, 0.6) is 11.5 Å². The summed E-state index contributed by atoms with van der Waals surface area (Å²) in [5.41, 5.74) is 3.48. The molecule has 1 aliphatic heterocycles. The lowest BCUT2D eigenvalue weighted by Crippen LogP contribution is -2.03. The molecular formula is C22H20O3. The van der Waals surface area contributed by atoms with Crippen molar-refractivity contribution in [2.45, 2.75) is 12.7 Å². The van der Waals surface area contributed by atoms with Crippen molar-refractivity contribution in [3.63, 3.8) is 0 Å². The lowest BCUT2D eigenvalue weighted by atomic mass is 10.1. The molecule has 25 heavy (non-hydrogen) atoms. The van der Waals surface area contributed by atoms with Gasteiger partial charge in [0.15, 0.2) is 0 Å². The van der Waals surface area contributed by atoms with Gasteiger partial charge in [0, 0.05) is 0 Å². The van der Waals surface area contributed by atoms with Crippen LogP contribution in [0.3, 0.4) is 0 Å². The molecule has 3 aromatic rings. The summed E-state index contributed by atoms with van der Waals surface area (Å²) in [6, 6.07) is 26.5. The Morgan fingerprint density at radius 3 is 1.84 bits per heavy atom. The molecule has 0 bridgehead atoms. The van der Waals surface area contributed by atoms with Crippen LogP contribution < -0.4 is 9.47 Å². The summed E-state index contributed by atoms with van der Waals surface area (Å²) < 4.78 is 16.6. The monoisotopic (exact) mass is 332 g/mol. The molecule has 1 saturated heterocycles. The van der Waals surface area contributed by atoms with E-state index in [1.807, 2.05) is 42.5 Å². The Balaban J connectivity index is 1.35. The van der Waals surface area contributed by atoms with Gasteiger partial charge in [-0.3, -0.25) is 0 Å². The molecule has 1 heterocycles. The molecule has 0 radical (unpaired) electrons. The average Bonchev–Trinajstić information content (AvgIpc) is 3.51. The first kappa shape index (κ1) is 15.7. The summed E-state index contributed by atoms with van der Waals surface area (Å²) in [5.74, 6) is 1.75. The molecule has 126 valence electrons. The minimum Gasteiger partial charge on any atom is -0.491 e. The maximum Gasteiger partial charge on any atom is 0.119 e. The molecule has 3 aromatic carbocycles. The summed E-state index contributed by atoms with van der Waals surface area (Å²) in [5, 5.41) is 0. The van der Waals surface area contributed by atoms with E-state index in [0.717, 1.165) is 29.2 Å². The van der Waals surface area contributed by atoms with E-state index in [4.69, 9.17) is 14.2 Å². The number of rotatable bonds is 7. The summed E-state index contributed by atoms with van der Waals surface area (Å²) in [6.45, 7) is 2.03. The Labute approximate surface area is 147 Å². The van der Waals surface area contributed by atoms with Crippen LogP contribution in [0.25, 0.3) is 11.1 Å². The van der Waals surface area contributed by atoms with Gasteiger partial charge < -0.3 is 14.2 Å². The van der Waals surface area contributed by atoms with Crippen LogP contribution in [-0.4, -0.2) is 19.3 Å². The first-order valence-electron chi connectivity index (χ1n) is 8.48. The largest absolute Gasteiger partial charge is 0.491 e. The maximum atomic E-state index is 5.83. The van der Waals surface area contributed by atoms with E-state index in [9.17, 15) is 0 Å². The van der Waals surface area contributed by atoms with Crippen molar-refractivity contribution in [3.05, 3.63) is 84.4 Å². The van der Waals surface area contributed by atoms with Crippen LogP contribution in [0, 0.1) is 0 Å². The van der Waals surface area contributed by atoms with E-state index in [0.29, 0.717) is 13.2 Å². The van der Waals surface area contributed by atoms with E-state index in [-0.39, 0.29) is 6.10 Å². The third kappa shape index (κ3) is 4.40. The quantitative estimate of drug-likeness (QED) is 0.587. The second-order valence-corrected chi connectivity index (χ2v) is 6.09. The van der Waals surface area contributed by atoms with E-state index >= 15 is 0 Å². The van der Waals surface area contributed by atoms with Crippen molar-refractivity contribution in [1.29, 1.82) is 0 Å². The molecule has 0 N–H and O–H groups in total. The first-order valence-corrected chi connectivity index (χ1v) is 8.48. The summed E-state index contributed by atoms with van der Waals surface area (Å²) >= 11 is 0. The van der Waals surface area contributed by atoms with Gasteiger partial charge in [-0.15, -0.1) is 0 Å². The minimum atomic E-state index is 0.281. The molecular weight excluding hydrogens is 312 g/mol. The highest BCUT2D eigenvalue weighted by atomic mass is 16.6. The second-order valence-electron chi connectivity index (χ2n) is 6.09. The third-order valence-electron chi connectivity index (χ3n) is 4.13. The van der Waals surface area contributed by atoms with Crippen LogP contribution in [0.1, 0.15) is 5.56 Å². The molecule has 0 aliphatic carbocycles. The number of hydrogen-bond donors (Lipinski definition) is 0. The molecule has 0 aromatic heterocycles. The van der Waals surface area contributed by atoms with Crippen molar-refractivity contribution in [1.82, 2.24) is 0 Å². The van der Waals surface area contributed by atoms with Crippen molar-refractivity contribution in [2.24, 2.45) is 0 Å². The Hall–Kier alpha value is -2.78. The van der Waals surface area contributed by atoms with Crippen LogP contribution in [0.15, 0.2) is 78.9 Å². The van der Waals surface area contributed by atoms with Gasteiger partial charge >= 0.3 is 0 Å². The van der Waals surface area contributed by atoms with Gasteiger partial charge in [0.2, 0.25) is 0 Å². The molecule has 1 unspecified atom stereocenters. The fourth-order valence-corrected chi connectivity index (χ4v) is 2.58. The lowest BCUT2D eigenvalue weighted by molar-refractivity contribution is 0.263. The van der Waals surface area contributed by atoms with Crippen LogP contribution in [0.4, 0.5) is 0 Å². The number of ether oxygens (including phenoxy) is 3. The third-order valence-corrected chi connectivity index (χ3v) is 4.13. The highest BCUT2D eigenvalue weighted by Crippen LogP contribution is 2.25. The molecule has 1 fully saturated rings. The van der Waals surface area contributed by atoms with E-state index in [1.165, 1.54) is 5.56 Å². The standard InChI is InChI=1S/C22H20O3/c1-2-4-17(5-3-1)14-23-20-10-6-18(7-11-20)19-8-12-21(13-9-19)24-15-22-16-25-22/h1-13,22H,14-16H2. The SMILES string of the molecule is c1ccc(COc2ccc(-c3ccc(OCC4CO4)cc3)cc2)cc1. The molecule has 3 nitrogen and oxygen atoms in total. The number of epoxide rings is 1. The molecule has 0 spiro atoms. The zero-order chi connectivity index (χ0) is 16.9. The smallest absolute Gasteiger partial charge is 0.119 e. The van der Waals surface area contributed by atoms with Crippen molar-refractivity contribution in [2.75, 3.05) is 13.2 Å². The predicted molar refractivity (Wildman–Crippen MR) is 97.9 cm³/mol. The molecule has 3 heteroatoms. The molecule has 0 amide bonds. The molecule has 4 rings (SSSR count). The van der Waals surface area contributed by atoms with Gasteiger partial charge in [0.25, 0.3) is 0 Å². The van der Waals surface area contributed by atoms with E-state index < -0.39 is 0 Å². The minimum absolute atomic E-state index is 0.281. The maximum absolute atomic E-state index is 5.83. The number of benzene rings is 3. The fourth-order valence-electron chi connectivity index (χ4n) is 2.58. The van der Waals surface area contributed by atoms with E-state index in [1.54, 1.807) is 0 Å². The zero-order valence-corrected chi connectivity index (χ0v) is 13.9.